The van der Waals surface area contributed by atoms with E-state index in [1.807, 2.05) is 31.6 Å². The highest BCUT2D eigenvalue weighted by Crippen LogP contribution is 2.24. The van der Waals surface area contributed by atoms with E-state index in [2.05, 4.69) is 0 Å². The molecule has 1 aromatic heterocycles. The summed E-state index contributed by atoms with van der Waals surface area (Å²) >= 11 is 1.66. The maximum atomic E-state index is 12.8. The van der Waals surface area contributed by atoms with Gasteiger partial charge < -0.3 is 10.3 Å². The summed E-state index contributed by atoms with van der Waals surface area (Å²) in [6, 6.07) is 1.89. The van der Waals surface area contributed by atoms with Crippen LogP contribution in [0.3, 0.4) is 0 Å². The van der Waals surface area contributed by atoms with Gasteiger partial charge >= 0.3 is 0 Å². The quantitative estimate of drug-likeness (QED) is 0.792. The van der Waals surface area contributed by atoms with E-state index in [-0.39, 0.29) is 12.1 Å². The van der Waals surface area contributed by atoms with Crippen LogP contribution in [0.15, 0.2) is 17.2 Å². The maximum Gasteiger partial charge on any atom is 0.244 e. The fourth-order valence-electron chi connectivity index (χ4n) is 2.32. The van der Waals surface area contributed by atoms with Crippen molar-refractivity contribution >= 4 is 21.8 Å². The molecule has 5 nitrogen and oxygen atoms in total. The largest absolute Gasteiger partial charge is 0.346 e. The molecule has 1 atom stereocenters. The molecule has 0 saturated heterocycles. The van der Waals surface area contributed by atoms with Gasteiger partial charge in [0.1, 0.15) is 4.90 Å². The van der Waals surface area contributed by atoms with E-state index in [0.29, 0.717) is 11.4 Å². The van der Waals surface area contributed by atoms with Gasteiger partial charge in [-0.15, -0.1) is 0 Å². The number of nitrogens with two attached hydrogens (primary N) is 1. The zero-order valence-corrected chi connectivity index (χ0v) is 15.2. The molecule has 1 rings (SSSR count). The smallest absolute Gasteiger partial charge is 0.244 e. The van der Waals surface area contributed by atoms with Crippen LogP contribution in [0.2, 0.25) is 0 Å². The van der Waals surface area contributed by atoms with E-state index in [1.165, 1.54) is 4.31 Å². The van der Waals surface area contributed by atoms with Crippen LogP contribution < -0.4 is 5.73 Å². The lowest BCUT2D eigenvalue weighted by molar-refractivity contribution is 0.385. The van der Waals surface area contributed by atoms with Crippen LogP contribution in [0.4, 0.5) is 0 Å². The van der Waals surface area contributed by atoms with E-state index in [4.69, 9.17) is 5.73 Å². The van der Waals surface area contributed by atoms with Gasteiger partial charge in [0.25, 0.3) is 0 Å². The number of hydrogen-bond acceptors (Lipinski definition) is 4. The van der Waals surface area contributed by atoms with Gasteiger partial charge in [0.15, 0.2) is 0 Å². The molecule has 1 aromatic rings. The van der Waals surface area contributed by atoms with Crippen LogP contribution in [-0.4, -0.2) is 42.4 Å². The summed E-state index contributed by atoms with van der Waals surface area (Å²) in [5.74, 6) is 0.793. The second-order valence-corrected chi connectivity index (χ2v) is 8.32. The summed E-state index contributed by atoms with van der Waals surface area (Å²) in [5, 5.41) is 0. The van der Waals surface area contributed by atoms with Crippen molar-refractivity contribution in [3.8, 4) is 0 Å². The third-order valence-electron chi connectivity index (χ3n) is 3.69. The topological polar surface area (TPSA) is 68.3 Å². The molecule has 0 aliphatic rings. The molecule has 0 saturated carbocycles. The number of hydrogen-bond donors (Lipinski definition) is 1. The molecule has 2 N–H and O–H groups in total. The Bertz CT molecular complexity index is 553. The molecule has 21 heavy (non-hydrogen) atoms. The Morgan fingerprint density at radius 1 is 1.43 bits per heavy atom. The zero-order valence-electron chi connectivity index (χ0n) is 13.5. The van der Waals surface area contributed by atoms with Crippen molar-refractivity contribution in [2.45, 2.75) is 50.7 Å². The molecular formula is C14H27N3O2S2. The number of sulfonamides is 1. The average molecular weight is 334 g/mol. The fourth-order valence-corrected chi connectivity index (χ4v) is 4.74. The molecule has 0 radical (unpaired) electrons. The van der Waals surface area contributed by atoms with Gasteiger partial charge in [-0.25, -0.2) is 8.42 Å². The van der Waals surface area contributed by atoms with Gasteiger partial charge in [0.2, 0.25) is 10.0 Å². The minimum absolute atomic E-state index is 0.00808. The molecule has 0 spiro atoms. The predicted octanol–water partition coefficient (Wildman–Crippen LogP) is 2.29. The molecule has 0 fully saturated rings. The Hall–Kier alpha value is -0.500. The first-order valence-electron chi connectivity index (χ1n) is 7.17. The van der Waals surface area contributed by atoms with Crippen molar-refractivity contribution in [2.24, 2.45) is 5.73 Å². The summed E-state index contributed by atoms with van der Waals surface area (Å²) in [6.45, 7) is 6.38. The summed E-state index contributed by atoms with van der Waals surface area (Å²) in [6.07, 6.45) is 4.49. The molecule has 0 amide bonds. The molecular weight excluding hydrogens is 306 g/mol. The lowest BCUT2D eigenvalue weighted by Crippen LogP contribution is -2.38. The standard InChI is InChI=1S/C14H27N3O2S2/c1-6-12(10-20-5)16(4)21(18,19)14-7-13(8-15)17(9-14)11(2)3/h7,9,11-12H,6,8,10,15H2,1-5H3. The molecule has 122 valence electrons. The zero-order chi connectivity index (χ0) is 16.2. The highest BCUT2D eigenvalue weighted by Gasteiger charge is 2.28. The SMILES string of the molecule is CCC(CSC)N(C)S(=O)(=O)c1cc(CN)n(C(C)C)c1. The Morgan fingerprint density at radius 3 is 2.43 bits per heavy atom. The van der Waals surface area contributed by atoms with Crippen molar-refractivity contribution in [3.63, 3.8) is 0 Å². The Balaban J connectivity index is 3.18. The van der Waals surface area contributed by atoms with Gasteiger partial charge in [-0.3, -0.25) is 0 Å². The first-order chi connectivity index (χ1) is 9.79. The summed E-state index contributed by atoms with van der Waals surface area (Å²) in [5.41, 5.74) is 6.56. The minimum Gasteiger partial charge on any atom is -0.346 e. The third-order valence-corrected chi connectivity index (χ3v) is 6.29. The van der Waals surface area contributed by atoms with Gasteiger partial charge in [-0.2, -0.15) is 16.1 Å². The Morgan fingerprint density at radius 2 is 2.05 bits per heavy atom. The van der Waals surface area contributed by atoms with E-state index in [0.717, 1.165) is 17.9 Å². The first-order valence-corrected chi connectivity index (χ1v) is 10.0. The van der Waals surface area contributed by atoms with Gasteiger partial charge in [-0.05, 0) is 32.6 Å². The van der Waals surface area contributed by atoms with E-state index >= 15 is 0 Å². The predicted molar refractivity (Wildman–Crippen MR) is 90.1 cm³/mol. The summed E-state index contributed by atoms with van der Waals surface area (Å²) < 4.78 is 29.0. The monoisotopic (exact) mass is 333 g/mol. The molecule has 0 aliphatic heterocycles. The Labute approximate surface area is 132 Å². The molecule has 0 aliphatic carbocycles. The third kappa shape index (κ3) is 4.03. The second kappa shape index (κ2) is 7.67. The van der Waals surface area contributed by atoms with Crippen LogP contribution in [0.1, 0.15) is 38.9 Å². The van der Waals surface area contributed by atoms with Crippen LogP contribution in [0, 0.1) is 0 Å². The molecule has 0 bridgehead atoms. The van der Waals surface area contributed by atoms with Crippen molar-refractivity contribution in [1.29, 1.82) is 0 Å². The molecule has 1 heterocycles. The van der Waals surface area contributed by atoms with Crippen molar-refractivity contribution < 1.29 is 8.42 Å². The number of thioether (sulfide) groups is 1. The lowest BCUT2D eigenvalue weighted by atomic mass is 10.3. The summed E-state index contributed by atoms with van der Waals surface area (Å²) in [4.78, 5) is 0.332. The average Bonchev–Trinajstić information content (AvgIpc) is 2.89. The van der Waals surface area contributed by atoms with Gasteiger partial charge in [-0.1, -0.05) is 6.92 Å². The number of aromatic nitrogens is 1. The second-order valence-electron chi connectivity index (χ2n) is 5.41. The highest BCUT2D eigenvalue weighted by molar-refractivity contribution is 7.98. The van der Waals surface area contributed by atoms with E-state index < -0.39 is 10.0 Å². The number of nitrogens with zero attached hydrogens (tertiary/aromatic N) is 2. The molecule has 1 unspecified atom stereocenters. The fraction of sp³-hybridized carbons (Fsp3) is 0.714. The van der Waals surface area contributed by atoms with E-state index in [1.54, 1.807) is 31.1 Å². The van der Waals surface area contributed by atoms with Crippen LogP contribution >= 0.6 is 11.8 Å². The lowest BCUT2D eigenvalue weighted by Gasteiger charge is -2.25. The normalized spacial score (nSPS) is 14.1. The molecule has 7 heteroatoms. The maximum absolute atomic E-state index is 12.8. The van der Waals surface area contributed by atoms with Crippen molar-refractivity contribution in [1.82, 2.24) is 8.87 Å². The van der Waals surface area contributed by atoms with E-state index in [9.17, 15) is 8.42 Å². The van der Waals surface area contributed by atoms with Crippen molar-refractivity contribution in [2.75, 3.05) is 19.1 Å². The van der Waals surface area contributed by atoms with Crippen LogP contribution in [0.5, 0.6) is 0 Å². The van der Waals surface area contributed by atoms with Gasteiger partial charge in [0, 0.05) is 43.3 Å². The van der Waals surface area contributed by atoms with Gasteiger partial charge in [0.05, 0.1) is 0 Å². The van der Waals surface area contributed by atoms with Crippen LogP contribution in [-0.2, 0) is 16.6 Å². The highest BCUT2D eigenvalue weighted by atomic mass is 32.2. The molecule has 0 aromatic carbocycles. The van der Waals surface area contributed by atoms with Crippen LogP contribution in [0.25, 0.3) is 0 Å². The number of rotatable bonds is 8. The summed E-state index contributed by atoms with van der Waals surface area (Å²) in [7, 11) is -1.81. The van der Waals surface area contributed by atoms with Crippen molar-refractivity contribution in [3.05, 3.63) is 18.0 Å². The Kier molecular flexibility index (Phi) is 6.77. The first kappa shape index (κ1) is 18.5. The minimum atomic E-state index is -3.47.